The molecule has 2 heterocycles. The van der Waals surface area contributed by atoms with Crippen LogP contribution in [0.2, 0.25) is 0 Å². The normalized spacial score (nSPS) is 15.7. The first-order valence-electron chi connectivity index (χ1n) is 4.96. The molecule has 0 aliphatic carbocycles. The van der Waals surface area contributed by atoms with Crippen LogP contribution in [0.5, 0.6) is 0 Å². The summed E-state index contributed by atoms with van der Waals surface area (Å²) in [7, 11) is 0. The average molecular weight is 193 g/mol. The number of rotatable bonds is 2. The van der Waals surface area contributed by atoms with Crippen LogP contribution in [0.1, 0.15) is 29.9 Å². The highest BCUT2D eigenvalue weighted by molar-refractivity contribution is 5.83. The summed E-state index contributed by atoms with van der Waals surface area (Å²) in [6.07, 6.45) is 2.24. The van der Waals surface area contributed by atoms with Crippen LogP contribution in [0.25, 0.3) is 0 Å². The van der Waals surface area contributed by atoms with Gasteiger partial charge in [0.15, 0.2) is 0 Å². The molecule has 1 N–H and O–H groups in total. The molecule has 0 bridgehead atoms. The first-order chi connectivity index (χ1) is 6.77. The van der Waals surface area contributed by atoms with E-state index in [0.717, 1.165) is 42.4 Å². The standard InChI is InChI=1S/C10H15N3O/c1-7-9(8(2)14-13-7)6-12-10-4-3-5-11-10/h3-6H2,1-2H3,(H,11,12). The summed E-state index contributed by atoms with van der Waals surface area (Å²) in [5.41, 5.74) is 2.12. The highest BCUT2D eigenvalue weighted by atomic mass is 16.5. The van der Waals surface area contributed by atoms with Crippen molar-refractivity contribution in [1.29, 1.82) is 0 Å². The van der Waals surface area contributed by atoms with Crippen LogP contribution in [0.4, 0.5) is 0 Å². The maximum atomic E-state index is 5.08. The first-order valence-corrected chi connectivity index (χ1v) is 4.96. The number of aromatic nitrogens is 1. The highest BCUT2D eigenvalue weighted by Crippen LogP contribution is 2.12. The summed E-state index contributed by atoms with van der Waals surface area (Å²) < 4.78 is 5.08. The van der Waals surface area contributed by atoms with E-state index in [-0.39, 0.29) is 0 Å². The molecule has 4 nitrogen and oxygen atoms in total. The lowest BCUT2D eigenvalue weighted by Gasteiger charge is -2.04. The molecule has 1 aromatic rings. The van der Waals surface area contributed by atoms with Crippen LogP contribution < -0.4 is 5.32 Å². The minimum atomic E-state index is 0.778. The minimum Gasteiger partial charge on any atom is -0.370 e. The molecule has 0 amide bonds. The third-order valence-electron chi connectivity index (χ3n) is 2.52. The van der Waals surface area contributed by atoms with Gasteiger partial charge in [-0.15, -0.1) is 0 Å². The second-order valence-electron chi connectivity index (χ2n) is 3.59. The van der Waals surface area contributed by atoms with E-state index < -0.39 is 0 Å². The monoisotopic (exact) mass is 193 g/mol. The number of nitrogens with one attached hydrogen (secondary N) is 1. The molecule has 2 rings (SSSR count). The van der Waals surface area contributed by atoms with Crippen molar-refractivity contribution in [2.45, 2.75) is 33.2 Å². The van der Waals surface area contributed by atoms with Gasteiger partial charge in [0.1, 0.15) is 5.76 Å². The van der Waals surface area contributed by atoms with E-state index in [1.807, 2.05) is 13.8 Å². The van der Waals surface area contributed by atoms with Crippen LogP contribution in [0.3, 0.4) is 0 Å². The predicted octanol–water partition coefficient (Wildman–Crippen LogP) is 1.57. The largest absolute Gasteiger partial charge is 0.370 e. The van der Waals surface area contributed by atoms with Crippen LogP contribution in [0, 0.1) is 13.8 Å². The Labute approximate surface area is 83.4 Å². The van der Waals surface area contributed by atoms with Crippen LogP contribution in [-0.4, -0.2) is 17.5 Å². The number of aliphatic imine (C=N–C) groups is 1. The third-order valence-corrected chi connectivity index (χ3v) is 2.52. The molecule has 0 saturated heterocycles. The van der Waals surface area contributed by atoms with Crippen molar-refractivity contribution in [2.75, 3.05) is 6.54 Å². The first kappa shape index (κ1) is 9.24. The molecule has 4 heteroatoms. The van der Waals surface area contributed by atoms with E-state index in [1.165, 1.54) is 6.42 Å². The summed E-state index contributed by atoms with van der Waals surface area (Å²) in [5.74, 6) is 2.01. The van der Waals surface area contributed by atoms with E-state index in [4.69, 9.17) is 4.52 Å². The van der Waals surface area contributed by atoms with Crippen molar-refractivity contribution >= 4 is 5.84 Å². The summed E-state index contributed by atoms with van der Waals surface area (Å²) in [6.45, 7) is 5.64. The Bertz CT molecular complexity index is 335. The molecule has 1 aliphatic heterocycles. The maximum absolute atomic E-state index is 5.08. The van der Waals surface area contributed by atoms with Gasteiger partial charge < -0.3 is 9.84 Å². The molecule has 76 valence electrons. The fourth-order valence-corrected chi connectivity index (χ4v) is 1.63. The van der Waals surface area contributed by atoms with Gasteiger partial charge in [-0.2, -0.15) is 0 Å². The van der Waals surface area contributed by atoms with Crippen LogP contribution in [0.15, 0.2) is 9.52 Å². The predicted molar refractivity (Wildman–Crippen MR) is 54.4 cm³/mol. The Morgan fingerprint density at radius 1 is 1.43 bits per heavy atom. The molecule has 0 unspecified atom stereocenters. The number of aryl methyl sites for hydroxylation is 2. The molecule has 0 radical (unpaired) electrons. The van der Waals surface area contributed by atoms with E-state index in [0.29, 0.717) is 0 Å². The van der Waals surface area contributed by atoms with E-state index in [2.05, 4.69) is 15.5 Å². The van der Waals surface area contributed by atoms with Gasteiger partial charge in [-0.3, -0.25) is 4.99 Å². The quantitative estimate of drug-likeness (QED) is 0.775. The lowest BCUT2D eigenvalue weighted by Crippen LogP contribution is -2.21. The molecule has 0 atom stereocenters. The number of amidine groups is 1. The molecular weight excluding hydrogens is 178 g/mol. The van der Waals surface area contributed by atoms with Gasteiger partial charge in [0.05, 0.1) is 11.5 Å². The van der Waals surface area contributed by atoms with Crippen LogP contribution >= 0.6 is 0 Å². The SMILES string of the molecule is Cc1noc(C)c1CNC1=NCCC1. The Balaban J connectivity index is 1.97. The topological polar surface area (TPSA) is 50.4 Å². The molecule has 1 aromatic heterocycles. The van der Waals surface area contributed by atoms with Crippen molar-refractivity contribution in [1.82, 2.24) is 10.5 Å². The zero-order chi connectivity index (χ0) is 9.97. The second-order valence-corrected chi connectivity index (χ2v) is 3.59. The van der Waals surface area contributed by atoms with E-state index in [1.54, 1.807) is 0 Å². The summed E-state index contributed by atoms with van der Waals surface area (Å²) in [4.78, 5) is 4.35. The minimum absolute atomic E-state index is 0.778. The maximum Gasteiger partial charge on any atom is 0.138 e. The van der Waals surface area contributed by atoms with Crippen molar-refractivity contribution in [3.63, 3.8) is 0 Å². The molecule has 0 spiro atoms. The summed E-state index contributed by atoms with van der Waals surface area (Å²) in [5, 5.41) is 7.22. The lowest BCUT2D eigenvalue weighted by atomic mass is 10.2. The van der Waals surface area contributed by atoms with Gasteiger partial charge in [-0.25, -0.2) is 0 Å². The van der Waals surface area contributed by atoms with Crippen LogP contribution in [-0.2, 0) is 6.54 Å². The molecule has 0 aromatic carbocycles. The van der Waals surface area contributed by atoms with Crippen molar-refractivity contribution in [2.24, 2.45) is 4.99 Å². The zero-order valence-electron chi connectivity index (χ0n) is 8.63. The van der Waals surface area contributed by atoms with Gasteiger partial charge >= 0.3 is 0 Å². The lowest BCUT2D eigenvalue weighted by molar-refractivity contribution is 0.392. The Morgan fingerprint density at radius 2 is 2.29 bits per heavy atom. The van der Waals surface area contributed by atoms with E-state index >= 15 is 0 Å². The highest BCUT2D eigenvalue weighted by Gasteiger charge is 2.10. The van der Waals surface area contributed by atoms with Gasteiger partial charge in [0.2, 0.25) is 0 Å². The third kappa shape index (κ3) is 1.78. The Hall–Kier alpha value is -1.32. The van der Waals surface area contributed by atoms with E-state index in [9.17, 15) is 0 Å². The number of nitrogens with zero attached hydrogens (tertiary/aromatic N) is 2. The number of hydrogen-bond donors (Lipinski definition) is 1. The van der Waals surface area contributed by atoms with Gasteiger partial charge in [0.25, 0.3) is 0 Å². The smallest absolute Gasteiger partial charge is 0.138 e. The molecule has 1 aliphatic rings. The molecule has 14 heavy (non-hydrogen) atoms. The fourth-order valence-electron chi connectivity index (χ4n) is 1.63. The second kappa shape index (κ2) is 3.82. The zero-order valence-corrected chi connectivity index (χ0v) is 8.63. The van der Waals surface area contributed by atoms with Crippen molar-refractivity contribution in [3.8, 4) is 0 Å². The number of hydrogen-bond acceptors (Lipinski definition) is 4. The molecular formula is C10H15N3O. The van der Waals surface area contributed by atoms with Crippen molar-refractivity contribution < 1.29 is 4.52 Å². The van der Waals surface area contributed by atoms with Gasteiger partial charge in [0, 0.05) is 25.1 Å². The Kier molecular flexibility index (Phi) is 2.52. The Morgan fingerprint density at radius 3 is 2.86 bits per heavy atom. The molecule has 0 fully saturated rings. The fraction of sp³-hybridized carbons (Fsp3) is 0.600. The van der Waals surface area contributed by atoms with Gasteiger partial charge in [-0.05, 0) is 20.3 Å². The average Bonchev–Trinajstić information content (AvgIpc) is 2.76. The van der Waals surface area contributed by atoms with Crippen molar-refractivity contribution in [3.05, 3.63) is 17.0 Å². The van der Waals surface area contributed by atoms with Gasteiger partial charge in [-0.1, -0.05) is 5.16 Å². The molecule has 0 saturated carbocycles. The summed E-state index contributed by atoms with van der Waals surface area (Å²) in [6, 6.07) is 0. The summed E-state index contributed by atoms with van der Waals surface area (Å²) >= 11 is 0.